The molecule has 0 aliphatic heterocycles. The largest absolute Gasteiger partial charge is 0.456 e. The van der Waals surface area contributed by atoms with Crippen molar-refractivity contribution in [3.05, 3.63) is 103 Å². The highest BCUT2D eigenvalue weighted by atomic mass is 16.5. The van der Waals surface area contributed by atoms with Crippen LogP contribution in [0.3, 0.4) is 0 Å². The second-order valence-corrected chi connectivity index (χ2v) is 11.8. The minimum absolute atomic E-state index is 0.356. The summed E-state index contributed by atoms with van der Waals surface area (Å²) in [5.74, 6) is 0. The maximum absolute atomic E-state index is 10.6. The van der Waals surface area contributed by atoms with Crippen molar-refractivity contribution in [2.45, 2.75) is 38.9 Å². The number of benzene rings is 5. The average molecular weight is 538 g/mol. The van der Waals surface area contributed by atoms with Crippen LogP contribution in [0.1, 0.15) is 27.7 Å². The molecular weight excluding hydrogens is 507 g/mol. The first-order valence-corrected chi connectivity index (χ1v) is 14.0. The Morgan fingerprint density at radius 1 is 0.610 bits per heavy atom. The molecule has 0 fully saturated rings. The Morgan fingerprint density at radius 2 is 1.32 bits per heavy atom. The monoisotopic (exact) mass is 538 g/mol. The van der Waals surface area contributed by atoms with Gasteiger partial charge in [-0.2, -0.15) is 0 Å². The number of hydrogen-bond acceptors (Lipinski definition) is 4. The highest BCUT2D eigenvalue weighted by Crippen LogP contribution is 2.41. The summed E-state index contributed by atoms with van der Waals surface area (Å²) in [5, 5.41) is 14.9. The van der Waals surface area contributed by atoms with Crippen molar-refractivity contribution in [1.82, 2.24) is 0 Å². The van der Waals surface area contributed by atoms with E-state index in [0.29, 0.717) is 7.48 Å². The van der Waals surface area contributed by atoms with Gasteiger partial charge < -0.3 is 18.6 Å². The van der Waals surface area contributed by atoms with Gasteiger partial charge in [0.05, 0.1) is 11.2 Å². The van der Waals surface area contributed by atoms with E-state index in [9.17, 15) is 5.11 Å². The van der Waals surface area contributed by atoms with E-state index in [4.69, 9.17) is 13.5 Å². The van der Waals surface area contributed by atoms with Crippen LogP contribution in [0.5, 0.6) is 0 Å². The van der Waals surface area contributed by atoms with Gasteiger partial charge in [-0.25, -0.2) is 0 Å². The molecule has 0 radical (unpaired) electrons. The van der Waals surface area contributed by atoms with Gasteiger partial charge in [0.2, 0.25) is 0 Å². The molecule has 41 heavy (non-hydrogen) atoms. The number of aliphatic hydroxyl groups is 1. The van der Waals surface area contributed by atoms with Crippen molar-refractivity contribution in [2.24, 2.45) is 0 Å². The zero-order valence-corrected chi connectivity index (χ0v) is 23.7. The Hall–Kier alpha value is -4.32. The molecule has 202 valence electrons. The van der Waals surface area contributed by atoms with E-state index in [0.717, 1.165) is 66.0 Å². The molecule has 2 aromatic heterocycles. The second kappa shape index (κ2) is 9.37. The minimum Gasteiger partial charge on any atom is -0.456 e. The van der Waals surface area contributed by atoms with Gasteiger partial charge in [0, 0.05) is 27.1 Å². The summed E-state index contributed by atoms with van der Waals surface area (Å²) >= 11 is 0. The molecule has 0 unspecified atom stereocenters. The number of fused-ring (bicyclic) bond motifs is 6. The SMILES string of the molecule is CC(C)(O)C(C)(C)OBc1cccc2oc3ccc(-c4cccc5c4oc4cccc(-c6ccccc6)c45)cc3c12. The molecule has 0 aliphatic carbocycles. The number of furan rings is 2. The van der Waals surface area contributed by atoms with Gasteiger partial charge in [0.15, 0.2) is 0 Å². The van der Waals surface area contributed by atoms with E-state index in [-0.39, 0.29) is 0 Å². The lowest BCUT2D eigenvalue weighted by molar-refractivity contribution is -0.0893. The van der Waals surface area contributed by atoms with Gasteiger partial charge in [-0.15, -0.1) is 0 Å². The molecule has 4 nitrogen and oxygen atoms in total. The predicted octanol–water partition coefficient (Wildman–Crippen LogP) is 8.36. The molecule has 0 atom stereocenters. The number of hydrogen-bond donors (Lipinski definition) is 1. The molecule has 0 saturated carbocycles. The van der Waals surface area contributed by atoms with Crippen molar-refractivity contribution in [3.63, 3.8) is 0 Å². The molecule has 0 spiro atoms. The zero-order chi connectivity index (χ0) is 28.4. The summed E-state index contributed by atoms with van der Waals surface area (Å²) in [5.41, 5.74) is 7.09. The molecule has 7 aromatic rings. The summed E-state index contributed by atoms with van der Waals surface area (Å²) in [6.07, 6.45) is 0. The molecule has 1 N–H and O–H groups in total. The minimum atomic E-state index is -0.988. The fourth-order valence-corrected chi connectivity index (χ4v) is 5.56. The van der Waals surface area contributed by atoms with E-state index >= 15 is 0 Å². The van der Waals surface area contributed by atoms with Crippen LogP contribution in [-0.4, -0.2) is 23.8 Å². The lowest BCUT2D eigenvalue weighted by Crippen LogP contribution is -2.49. The van der Waals surface area contributed by atoms with Gasteiger partial charge in [-0.1, -0.05) is 78.9 Å². The third kappa shape index (κ3) is 4.24. The van der Waals surface area contributed by atoms with Crippen molar-refractivity contribution in [2.75, 3.05) is 0 Å². The van der Waals surface area contributed by atoms with Crippen LogP contribution in [0.15, 0.2) is 112 Å². The van der Waals surface area contributed by atoms with Crippen molar-refractivity contribution in [1.29, 1.82) is 0 Å². The highest BCUT2D eigenvalue weighted by Gasteiger charge is 2.36. The summed E-state index contributed by atoms with van der Waals surface area (Å²) < 4.78 is 19.1. The first-order valence-electron chi connectivity index (χ1n) is 14.0. The fourth-order valence-electron chi connectivity index (χ4n) is 5.56. The van der Waals surface area contributed by atoms with E-state index < -0.39 is 11.2 Å². The Morgan fingerprint density at radius 3 is 2.10 bits per heavy atom. The Balaban J connectivity index is 1.38. The first-order chi connectivity index (χ1) is 19.7. The fraction of sp³-hybridized carbons (Fsp3) is 0.167. The van der Waals surface area contributed by atoms with Crippen LogP contribution >= 0.6 is 0 Å². The van der Waals surface area contributed by atoms with Crippen LogP contribution in [0.2, 0.25) is 0 Å². The summed E-state index contributed by atoms with van der Waals surface area (Å²) in [4.78, 5) is 0. The molecule has 0 bridgehead atoms. The molecule has 2 heterocycles. The maximum atomic E-state index is 10.6. The van der Waals surface area contributed by atoms with Crippen LogP contribution in [0.25, 0.3) is 66.1 Å². The van der Waals surface area contributed by atoms with E-state index in [1.807, 2.05) is 44.2 Å². The first kappa shape index (κ1) is 25.6. The molecular formula is C36H31BO4. The van der Waals surface area contributed by atoms with Crippen LogP contribution in [0, 0.1) is 0 Å². The molecule has 0 saturated heterocycles. The molecule has 7 rings (SSSR count). The summed E-state index contributed by atoms with van der Waals surface area (Å²) in [7, 11) is 0.356. The molecule has 0 amide bonds. The van der Waals surface area contributed by atoms with E-state index in [1.165, 1.54) is 5.56 Å². The maximum Gasteiger partial charge on any atom is 0.310 e. The summed E-state index contributed by atoms with van der Waals surface area (Å²) in [6.45, 7) is 7.37. The third-order valence-corrected chi connectivity index (χ3v) is 8.56. The standard InChI is InChI=1S/C36H31BO4/c1-35(2,38)36(3,4)41-37-28-16-10-18-31-33(28)27-21-23(19-20-29(27)39-31)25-14-8-15-26-32-24(22-11-6-5-7-12-22)13-9-17-30(32)40-34(25)26/h5-21,37-38H,1-4H3. The van der Waals surface area contributed by atoms with Gasteiger partial charge in [-0.3, -0.25) is 0 Å². The van der Waals surface area contributed by atoms with Gasteiger partial charge in [0.25, 0.3) is 0 Å². The number of rotatable bonds is 6. The lowest BCUT2D eigenvalue weighted by atomic mass is 9.80. The van der Waals surface area contributed by atoms with Crippen molar-refractivity contribution in [3.8, 4) is 22.3 Å². The Labute approximate surface area is 239 Å². The van der Waals surface area contributed by atoms with Crippen molar-refractivity contribution >= 4 is 56.8 Å². The lowest BCUT2D eigenvalue weighted by Gasteiger charge is -2.37. The Kier molecular flexibility index (Phi) is 5.86. The topological polar surface area (TPSA) is 55.7 Å². The van der Waals surface area contributed by atoms with Crippen molar-refractivity contribution < 1.29 is 18.6 Å². The normalized spacial score (nSPS) is 12.6. The van der Waals surface area contributed by atoms with Crippen LogP contribution < -0.4 is 5.46 Å². The number of para-hydroxylation sites is 1. The quantitative estimate of drug-likeness (QED) is 0.216. The third-order valence-electron chi connectivity index (χ3n) is 8.56. The summed E-state index contributed by atoms with van der Waals surface area (Å²) in [6, 6.07) is 35.4. The molecule has 5 aromatic carbocycles. The van der Waals surface area contributed by atoms with Gasteiger partial charge in [-0.05, 0) is 74.1 Å². The molecule has 0 aliphatic rings. The van der Waals surface area contributed by atoms with Crippen LogP contribution in [0.4, 0.5) is 0 Å². The predicted molar refractivity (Wildman–Crippen MR) is 170 cm³/mol. The average Bonchev–Trinajstić information content (AvgIpc) is 3.54. The van der Waals surface area contributed by atoms with Crippen LogP contribution in [-0.2, 0) is 4.65 Å². The zero-order valence-electron chi connectivity index (χ0n) is 23.7. The van der Waals surface area contributed by atoms with E-state index in [2.05, 4.69) is 72.8 Å². The second-order valence-electron chi connectivity index (χ2n) is 11.8. The molecule has 5 heteroatoms. The highest BCUT2D eigenvalue weighted by molar-refractivity contribution is 6.52. The Bertz CT molecular complexity index is 2060. The van der Waals surface area contributed by atoms with E-state index in [1.54, 1.807) is 13.8 Å². The van der Waals surface area contributed by atoms with Gasteiger partial charge >= 0.3 is 7.48 Å². The smallest absolute Gasteiger partial charge is 0.310 e. The van der Waals surface area contributed by atoms with Gasteiger partial charge in [0.1, 0.15) is 22.3 Å².